The third kappa shape index (κ3) is 3.60. The number of nitrogens with one attached hydrogen (secondary N) is 1. The highest BCUT2D eigenvalue weighted by molar-refractivity contribution is 6.28. The third-order valence-corrected chi connectivity index (χ3v) is 1.87. The van der Waals surface area contributed by atoms with Crippen molar-refractivity contribution in [3.63, 3.8) is 0 Å². The fraction of sp³-hybridized carbons (Fsp3) is 0.500. The molecule has 0 radical (unpaired) electrons. The predicted molar refractivity (Wildman–Crippen MR) is 56.6 cm³/mol. The molecule has 0 aromatic carbocycles. The van der Waals surface area contributed by atoms with Gasteiger partial charge in [0.1, 0.15) is 11.9 Å². The molecule has 1 atom stereocenters. The van der Waals surface area contributed by atoms with E-state index in [0.717, 1.165) is 0 Å². The first kappa shape index (κ1) is 12.1. The van der Waals surface area contributed by atoms with Crippen molar-refractivity contribution < 1.29 is 9.84 Å². The number of nitrogens with two attached hydrogens (primary N) is 1. The molecule has 1 unspecified atom stereocenters. The van der Waals surface area contributed by atoms with E-state index in [4.69, 9.17) is 22.1 Å². The number of halogens is 1. The minimum Gasteiger partial charge on any atom is -0.383 e. The maximum atomic E-state index is 9.24. The first-order valence-corrected chi connectivity index (χ1v) is 4.72. The molecule has 84 valence electrons. The van der Waals surface area contributed by atoms with E-state index in [-0.39, 0.29) is 11.0 Å². The van der Waals surface area contributed by atoms with Gasteiger partial charge in [-0.15, -0.1) is 0 Å². The molecule has 1 heterocycles. The molecule has 0 aliphatic rings. The fourth-order valence-electron chi connectivity index (χ4n) is 1.02. The molecule has 0 aliphatic heterocycles. The Labute approximate surface area is 92.4 Å². The van der Waals surface area contributed by atoms with Crippen molar-refractivity contribution in [1.29, 1.82) is 0 Å². The number of aromatic nitrogens is 2. The molecular formula is C8H13ClN4O2. The lowest BCUT2D eigenvalue weighted by atomic mass is 10.3. The smallest absolute Gasteiger partial charge is 0.222 e. The zero-order chi connectivity index (χ0) is 11.3. The molecule has 1 aromatic heterocycles. The summed E-state index contributed by atoms with van der Waals surface area (Å²) in [6.07, 6.45) is 0.284. The molecule has 1 rings (SSSR count). The number of aliphatic hydroxyl groups is 1. The lowest BCUT2D eigenvalue weighted by Crippen LogP contribution is -2.16. The second-order valence-corrected chi connectivity index (χ2v) is 3.14. The average Bonchev–Trinajstić information content (AvgIpc) is 2.20. The molecular weight excluding hydrogens is 220 g/mol. The number of hydrogen-bond donors (Lipinski definition) is 3. The molecule has 1 aromatic rings. The SMILES string of the molecule is COCCNc1cnc(Cl)nc1C(N)O. The predicted octanol–water partition coefficient (Wildman–Crippen LogP) is 0.138. The van der Waals surface area contributed by atoms with Gasteiger partial charge in [-0.1, -0.05) is 0 Å². The zero-order valence-electron chi connectivity index (χ0n) is 8.27. The van der Waals surface area contributed by atoms with Gasteiger partial charge in [0.05, 0.1) is 18.5 Å². The van der Waals surface area contributed by atoms with Crippen LogP contribution in [0, 0.1) is 0 Å². The van der Waals surface area contributed by atoms with E-state index in [1.165, 1.54) is 6.20 Å². The molecule has 0 bridgehead atoms. The Kier molecular flexibility index (Phi) is 4.70. The summed E-state index contributed by atoms with van der Waals surface area (Å²) < 4.78 is 4.86. The van der Waals surface area contributed by atoms with Crippen LogP contribution >= 0.6 is 11.6 Å². The van der Waals surface area contributed by atoms with Gasteiger partial charge in [-0.3, -0.25) is 0 Å². The van der Waals surface area contributed by atoms with Crippen LogP contribution in [0.15, 0.2) is 6.20 Å². The normalized spacial score (nSPS) is 12.5. The summed E-state index contributed by atoms with van der Waals surface area (Å²) in [7, 11) is 1.60. The molecule has 7 heteroatoms. The van der Waals surface area contributed by atoms with E-state index in [9.17, 15) is 5.11 Å². The van der Waals surface area contributed by atoms with E-state index < -0.39 is 6.23 Å². The standard InChI is InChI=1S/C8H13ClN4O2/c1-15-3-2-11-5-4-12-8(9)13-6(5)7(10)14/h4,7,11,14H,2-3,10H2,1H3. The Bertz CT molecular complexity index is 322. The molecule has 4 N–H and O–H groups in total. The summed E-state index contributed by atoms with van der Waals surface area (Å²) in [6, 6.07) is 0. The number of ether oxygens (including phenoxy) is 1. The van der Waals surface area contributed by atoms with Crippen LogP contribution < -0.4 is 11.1 Å². The lowest BCUT2D eigenvalue weighted by Gasteiger charge is -2.12. The van der Waals surface area contributed by atoms with Crippen molar-refractivity contribution in [3.8, 4) is 0 Å². The van der Waals surface area contributed by atoms with Gasteiger partial charge in [0, 0.05) is 13.7 Å². The quantitative estimate of drug-likeness (QED) is 0.380. The largest absolute Gasteiger partial charge is 0.383 e. The second kappa shape index (κ2) is 5.82. The van der Waals surface area contributed by atoms with E-state index in [1.807, 2.05) is 0 Å². The first-order valence-electron chi connectivity index (χ1n) is 4.34. The number of rotatable bonds is 5. The molecule has 0 amide bonds. The van der Waals surface area contributed by atoms with Crippen molar-refractivity contribution in [2.45, 2.75) is 6.23 Å². The highest BCUT2D eigenvalue weighted by atomic mass is 35.5. The van der Waals surface area contributed by atoms with Crippen LogP contribution in [0.25, 0.3) is 0 Å². The van der Waals surface area contributed by atoms with Crippen LogP contribution in [-0.2, 0) is 4.74 Å². The summed E-state index contributed by atoms with van der Waals surface area (Å²) in [6.45, 7) is 1.10. The van der Waals surface area contributed by atoms with Gasteiger partial charge in [-0.2, -0.15) is 0 Å². The van der Waals surface area contributed by atoms with Gasteiger partial charge in [0.15, 0.2) is 0 Å². The molecule has 0 fully saturated rings. The van der Waals surface area contributed by atoms with Gasteiger partial charge < -0.3 is 20.9 Å². The highest BCUT2D eigenvalue weighted by Crippen LogP contribution is 2.17. The van der Waals surface area contributed by atoms with Gasteiger partial charge >= 0.3 is 0 Å². The van der Waals surface area contributed by atoms with Crippen LogP contribution in [0.4, 0.5) is 5.69 Å². The van der Waals surface area contributed by atoms with Gasteiger partial charge in [0.25, 0.3) is 0 Å². The Morgan fingerprint density at radius 2 is 2.47 bits per heavy atom. The maximum absolute atomic E-state index is 9.24. The van der Waals surface area contributed by atoms with Gasteiger partial charge in [-0.25, -0.2) is 9.97 Å². The number of anilines is 1. The van der Waals surface area contributed by atoms with Crippen LogP contribution in [0.2, 0.25) is 5.28 Å². The molecule has 0 saturated heterocycles. The van der Waals surface area contributed by atoms with E-state index in [2.05, 4.69) is 15.3 Å². The summed E-state index contributed by atoms with van der Waals surface area (Å²) in [5.41, 5.74) is 6.14. The molecule has 0 saturated carbocycles. The maximum Gasteiger partial charge on any atom is 0.222 e. The van der Waals surface area contributed by atoms with Crippen molar-refractivity contribution in [1.82, 2.24) is 9.97 Å². The van der Waals surface area contributed by atoms with Crippen LogP contribution in [0.1, 0.15) is 11.9 Å². The Balaban J connectivity index is 2.77. The van der Waals surface area contributed by atoms with Gasteiger partial charge in [0.2, 0.25) is 5.28 Å². The van der Waals surface area contributed by atoms with Crippen LogP contribution in [0.3, 0.4) is 0 Å². The lowest BCUT2D eigenvalue weighted by molar-refractivity contribution is 0.181. The average molecular weight is 233 g/mol. The second-order valence-electron chi connectivity index (χ2n) is 2.80. The fourth-order valence-corrected chi connectivity index (χ4v) is 1.16. The Morgan fingerprint density at radius 3 is 3.07 bits per heavy atom. The minimum absolute atomic E-state index is 0.0480. The summed E-state index contributed by atoms with van der Waals surface area (Å²) in [4.78, 5) is 7.61. The summed E-state index contributed by atoms with van der Waals surface area (Å²) >= 11 is 5.58. The first-order chi connectivity index (χ1) is 7.15. The third-order valence-electron chi connectivity index (χ3n) is 1.69. The van der Waals surface area contributed by atoms with E-state index >= 15 is 0 Å². The Hall–Kier alpha value is -0.950. The number of aliphatic hydroxyl groups excluding tert-OH is 1. The topological polar surface area (TPSA) is 93.3 Å². The van der Waals surface area contributed by atoms with Crippen molar-refractivity contribution in [2.75, 3.05) is 25.6 Å². The van der Waals surface area contributed by atoms with Crippen molar-refractivity contribution in [3.05, 3.63) is 17.2 Å². The van der Waals surface area contributed by atoms with Crippen molar-refractivity contribution >= 4 is 17.3 Å². The molecule has 15 heavy (non-hydrogen) atoms. The van der Waals surface area contributed by atoms with E-state index in [1.54, 1.807) is 7.11 Å². The molecule has 6 nitrogen and oxygen atoms in total. The number of hydrogen-bond acceptors (Lipinski definition) is 6. The minimum atomic E-state index is -1.18. The molecule has 0 aliphatic carbocycles. The molecule has 0 spiro atoms. The van der Waals surface area contributed by atoms with Crippen LogP contribution in [0.5, 0.6) is 0 Å². The number of nitrogens with zero attached hydrogens (tertiary/aromatic N) is 2. The number of methoxy groups -OCH3 is 1. The Morgan fingerprint density at radius 1 is 1.73 bits per heavy atom. The monoisotopic (exact) mass is 232 g/mol. The zero-order valence-corrected chi connectivity index (χ0v) is 9.03. The highest BCUT2D eigenvalue weighted by Gasteiger charge is 2.11. The van der Waals surface area contributed by atoms with Crippen molar-refractivity contribution in [2.24, 2.45) is 5.73 Å². The summed E-state index contributed by atoms with van der Waals surface area (Å²) in [5.74, 6) is 0. The summed E-state index contributed by atoms with van der Waals surface area (Å²) in [5, 5.41) is 12.3. The van der Waals surface area contributed by atoms with Gasteiger partial charge in [-0.05, 0) is 11.6 Å². The van der Waals surface area contributed by atoms with E-state index in [0.29, 0.717) is 18.8 Å². The van der Waals surface area contributed by atoms with Crippen LogP contribution in [-0.4, -0.2) is 35.3 Å².